The molecular formula is C25H32N8O2S. The molecule has 190 valence electrons. The third-order valence-corrected chi connectivity index (χ3v) is 8.15. The average molecular weight is 509 g/mol. The number of nitrogens with zero attached hydrogens (tertiary/aromatic N) is 6. The Kier molecular flexibility index (Phi) is 6.37. The van der Waals surface area contributed by atoms with Crippen molar-refractivity contribution in [2.75, 3.05) is 32.9 Å². The molecule has 1 fully saturated rings. The van der Waals surface area contributed by atoms with E-state index in [1.165, 1.54) is 11.3 Å². The van der Waals surface area contributed by atoms with Crippen LogP contribution in [0.1, 0.15) is 59.0 Å². The van der Waals surface area contributed by atoms with Crippen LogP contribution in [0.3, 0.4) is 0 Å². The van der Waals surface area contributed by atoms with Crippen LogP contribution < -0.4 is 5.73 Å². The number of likely N-dealkylation sites (tertiary alicyclic amines) is 1. The highest BCUT2D eigenvalue weighted by Crippen LogP contribution is 2.43. The molecule has 1 aliphatic heterocycles. The van der Waals surface area contributed by atoms with Gasteiger partial charge >= 0.3 is 0 Å². The first-order chi connectivity index (χ1) is 17.1. The van der Waals surface area contributed by atoms with Crippen LogP contribution in [0.4, 0.5) is 5.95 Å². The summed E-state index contributed by atoms with van der Waals surface area (Å²) < 4.78 is 0. The largest absolute Gasteiger partial charge is 0.368 e. The lowest BCUT2D eigenvalue weighted by Crippen LogP contribution is -2.45. The van der Waals surface area contributed by atoms with Gasteiger partial charge in [-0.25, -0.2) is 15.0 Å². The summed E-state index contributed by atoms with van der Waals surface area (Å²) in [6.45, 7) is 5.73. The van der Waals surface area contributed by atoms with E-state index in [0.717, 1.165) is 42.8 Å². The number of aromatic nitrogens is 5. The highest BCUT2D eigenvalue weighted by Gasteiger charge is 2.38. The fourth-order valence-electron chi connectivity index (χ4n) is 5.33. The van der Waals surface area contributed by atoms with Gasteiger partial charge in [0, 0.05) is 36.3 Å². The molecule has 10 nitrogen and oxygen atoms in total. The van der Waals surface area contributed by atoms with Crippen molar-refractivity contribution in [3.8, 4) is 11.4 Å². The second-order valence-corrected chi connectivity index (χ2v) is 11.5. The van der Waals surface area contributed by atoms with Crippen molar-refractivity contribution < 1.29 is 9.59 Å². The second-order valence-electron chi connectivity index (χ2n) is 10.6. The van der Waals surface area contributed by atoms with E-state index in [0.29, 0.717) is 34.6 Å². The van der Waals surface area contributed by atoms with Gasteiger partial charge < -0.3 is 15.5 Å². The van der Waals surface area contributed by atoms with Crippen LogP contribution in [0.15, 0.2) is 11.6 Å². The maximum atomic E-state index is 13.3. The second kappa shape index (κ2) is 9.36. The van der Waals surface area contributed by atoms with Crippen LogP contribution in [-0.4, -0.2) is 79.9 Å². The molecule has 0 radical (unpaired) electrons. The highest BCUT2D eigenvalue weighted by molar-refractivity contribution is 7.09. The minimum absolute atomic E-state index is 0.0831. The predicted octanol–water partition coefficient (Wildman–Crippen LogP) is 2.26. The predicted molar refractivity (Wildman–Crippen MR) is 138 cm³/mol. The van der Waals surface area contributed by atoms with Gasteiger partial charge in [0.05, 0.1) is 24.2 Å². The van der Waals surface area contributed by atoms with Gasteiger partial charge in [-0.3, -0.25) is 14.7 Å². The van der Waals surface area contributed by atoms with Crippen LogP contribution in [0.2, 0.25) is 0 Å². The van der Waals surface area contributed by atoms with E-state index in [1.807, 2.05) is 10.3 Å². The number of thiazole rings is 1. The quantitative estimate of drug-likeness (QED) is 0.484. The Labute approximate surface area is 214 Å². The van der Waals surface area contributed by atoms with E-state index < -0.39 is 0 Å². The molecule has 4 heterocycles. The molecule has 0 unspecified atom stereocenters. The smallest absolute Gasteiger partial charge is 0.228 e. The molecule has 36 heavy (non-hydrogen) atoms. The van der Waals surface area contributed by atoms with Gasteiger partial charge in [-0.05, 0) is 44.3 Å². The van der Waals surface area contributed by atoms with Crippen molar-refractivity contribution in [2.45, 2.75) is 57.4 Å². The number of carbonyl (C=O) groups is 2. The zero-order valence-corrected chi connectivity index (χ0v) is 22.0. The fraction of sp³-hybridized carbons (Fsp3) is 0.520. The van der Waals surface area contributed by atoms with Crippen LogP contribution in [0.25, 0.3) is 11.4 Å². The molecule has 5 rings (SSSR count). The molecule has 0 spiro atoms. The molecule has 3 N–H and O–H groups in total. The van der Waals surface area contributed by atoms with Gasteiger partial charge in [0.1, 0.15) is 16.4 Å². The van der Waals surface area contributed by atoms with E-state index >= 15 is 0 Å². The summed E-state index contributed by atoms with van der Waals surface area (Å²) in [6, 6.07) is 0.530. The molecule has 0 bridgehead atoms. The maximum absolute atomic E-state index is 13.3. The Morgan fingerprint density at radius 2 is 1.94 bits per heavy atom. The summed E-state index contributed by atoms with van der Waals surface area (Å²) in [5.74, 6) is 0.196. The Hall–Kier alpha value is -3.18. The van der Waals surface area contributed by atoms with Crippen LogP contribution in [-0.2, 0) is 29.5 Å². The number of aromatic amines is 1. The van der Waals surface area contributed by atoms with Gasteiger partial charge in [0.15, 0.2) is 5.78 Å². The number of amides is 1. The topological polar surface area (TPSA) is 134 Å². The molecule has 1 amide bonds. The Bertz CT molecular complexity index is 1300. The summed E-state index contributed by atoms with van der Waals surface area (Å²) in [5, 5.41) is 9.98. The summed E-state index contributed by atoms with van der Waals surface area (Å²) in [6.07, 6.45) is 4.82. The van der Waals surface area contributed by atoms with Crippen LogP contribution in [0, 0.1) is 0 Å². The Balaban J connectivity index is 1.27. The Morgan fingerprint density at radius 1 is 1.19 bits per heavy atom. The molecule has 0 saturated carbocycles. The summed E-state index contributed by atoms with van der Waals surface area (Å²) >= 11 is 1.42. The first kappa shape index (κ1) is 24.5. The van der Waals surface area contributed by atoms with E-state index in [-0.39, 0.29) is 35.9 Å². The summed E-state index contributed by atoms with van der Waals surface area (Å²) in [5.41, 5.74) is 9.85. The molecule has 1 aliphatic carbocycles. The number of carbonyl (C=O) groups excluding carboxylic acids is 2. The number of nitrogens with two attached hydrogens (primary N) is 1. The minimum atomic E-state index is -0.319. The van der Waals surface area contributed by atoms with E-state index in [9.17, 15) is 9.59 Å². The number of ketones is 1. The SMILES string of the molecule is CN(C)C1CCN(C(=O)Cc2csc(CC(=O)c3[nH]nc4c3C(C)(C)Cc3cnc(N)nc3-4)n2)CC1. The summed E-state index contributed by atoms with van der Waals surface area (Å²) in [4.78, 5) is 43.4. The zero-order chi connectivity index (χ0) is 25.6. The molecule has 2 aliphatic rings. The zero-order valence-electron chi connectivity index (χ0n) is 21.2. The van der Waals surface area contributed by atoms with Crippen molar-refractivity contribution in [2.24, 2.45) is 0 Å². The number of rotatable bonds is 6. The number of fused-ring (bicyclic) bond motifs is 3. The molecule has 0 atom stereocenters. The number of hydrogen-bond donors (Lipinski definition) is 2. The number of anilines is 1. The number of piperidine rings is 1. The van der Waals surface area contributed by atoms with Gasteiger partial charge in [0.2, 0.25) is 11.9 Å². The van der Waals surface area contributed by atoms with Crippen LogP contribution >= 0.6 is 11.3 Å². The normalized spacial score (nSPS) is 17.2. The van der Waals surface area contributed by atoms with E-state index in [2.05, 4.69) is 58.0 Å². The van der Waals surface area contributed by atoms with Gasteiger partial charge in [-0.2, -0.15) is 5.10 Å². The number of nitrogens with one attached hydrogen (secondary N) is 1. The van der Waals surface area contributed by atoms with E-state index in [4.69, 9.17) is 5.73 Å². The van der Waals surface area contributed by atoms with Crippen molar-refractivity contribution in [3.05, 3.63) is 39.1 Å². The fourth-order valence-corrected chi connectivity index (χ4v) is 6.12. The lowest BCUT2D eigenvalue weighted by molar-refractivity contribution is -0.132. The van der Waals surface area contributed by atoms with Crippen molar-refractivity contribution in [1.29, 1.82) is 0 Å². The molecular weight excluding hydrogens is 476 g/mol. The maximum Gasteiger partial charge on any atom is 0.228 e. The Morgan fingerprint density at radius 3 is 2.67 bits per heavy atom. The average Bonchev–Trinajstić information content (AvgIpc) is 3.47. The van der Waals surface area contributed by atoms with Crippen molar-refractivity contribution in [1.82, 2.24) is 34.9 Å². The number of hydrogen-bond acceptors (Lipinski definition) is 9. The minimum Gasteiger partial charge on any atom is -0.368 e. The first-order valence-corrected chi connectivity index (χ1v) is 13.1. The lowest BCUT2D eigenvalue weighted by Gasteiger charge is -2.35. The molecule has 3 aromatic rings. The van der Waals surface area contributed by atoms with Crippen molar-refractivity contribution >= 4 is 29.0 Å². The third-order valence-electron chi connectivity index (χ3n) is 7.25. The first-order valence-electron chi connectivity index (χ1n) is 12.2. The summed E-state index contributed by atoms with van der Waals surface area (Å²) in [7, 11) is 4.17. The molecule has 11 heteroatoms. The standard InChI is InChI=1S/C25H32N8O2S/c1-25(2)11-14-12-27-24(26)29-21(14)23-20(25)22(30-31-23)17(34)10-18-28-15(13-36-18)9-19(35)33-7-5-16(6-8-33)32(3)4/h12-13,16H,5-11H2,1-4H3,(H,30,31)(H2,26,27,29). The van der Waals surface area contributed by atoms with Crippen molar-refractivity contribution in [3.63, 3.8) is 0 Å². The number of Topliss-reactive ketones (excluding diaryl/α,β-unsaturated/α-hetero) is 1. The van der Waals surface area contributed by atoms with E-state index in [1.54, 1.807) is 6.20 Å². The van der Waals surface area contributed by atoms with Gasteiger partial charge in [-0.1, -0.05) is 13.8 Å². The number of nitrogen functional groups attached to an aromatic ring is 1. The molecule has 1 saturated heterocycles. The monoisotopic (exact) mass is 508 g/mol. The van der Waals surface area contributed by atoms with Crippen LogP contribution in [0.5, 0.6) is 0 Å². The molecule has 0 aromatic carbocycles. The number of H-pyrrole nitrogens is 1. The third kappa shape index (κ3) is 4.64. The van der Waals surface area contributed by atoms with Gasteiger partial charge in [-0.15, -0.1) is 11.3 Å². The highest BCUT2D eigenvalue weighted by atomic mass is 32.1. The molecule has 3 aromatic heterocycles. The van der Waals surface area contributed by atoms with Gasteiger partial charge in [0.25, 0.3) is 0 Å². The lowest BCUT2D eigenvalue weighted by atomic mass is 9.73.